The van der Waals surface area contributed by atoms with Crippen LogP contribution in [0.2, 0.25) is 0 Å². The van der Waals surface area contributed by atoms with Crippen molar-refractivity contribution in [3.8, 4) is 5.88 Å². The van der Waals surface area contributed by atoms with Gasteiger partial charge in [0.25, 0.3) is 0 Å². The molecule has 3 heterocycles. The first kappa shape index (κ1) is 22.9. The number of alkyl carbamates (subject to hydrolysis) is 1. The summed E-state index contributed by atoms with van der Waals surface area (Å²) >= 11 is 0. The van der Waals surface area contributed by atoms with E-state index in [1.807, 2.05) is 37.3 Å². The zero-order valence-corrected chi connectivity index (χ0v) is 19.0. The number of methoxy groups -OCH3 is 1. The monoisotopic (exact) mass is 452 g/mol. The van der Waals surface area contributed by atoms with E-state index in [1.54, 1.807) is 12.1 Å². The quantitative estimate of drug-likeness (QED) is 0.582. The first-order chi connectivity index (χ1) is 16.0. The number of pyridine rings is 2. The number of fused-ring (bicyclic) bond motifs is 1. The molecule has 1 amide bonds. The van der Waals surface area contributed by atoms with E-state index in [0.717, 1.165) is 31.5 Å². The molecule has 1 saturated heterocycles. The number of rotatable bonds is 7. The Hall–Kier alpha value is -3.26. The number of amides is 1. The minimum Gasteiger partial charge on any atom is -0.481 e. The van der Waals surface area contributed by atoms with Crippen molar-refractivity contribution in [3.63, 3.8) is 0 Å². The van der Waals surface area contributed by atoms with Gasteiger partial charge in [-0.3, -0.25) is 4.98 Å². The van der Waals surface area contributed by atoms with Gasteiger partial charge in [-0.1, -0.05) is 30.3 Å². The van der Waals surface area contributed by atoms with Crippen molar-refractivity contribution in [1.82, 2.24) is 20.2 Å². The lowest BCUT2D eigenvalue weighted by Gasteiger charge is -2.38. The lowest BCUT2D eigenvalue weighted by atomic mass is 9.93. The van der Waals surface area contributed by atoms with Crippen LogP contribution in [-0.4, -0.2) is 53.3 Å². The summed E-state index contributed by atoms with van der Waals surface area (Å²) < 4.78 is 25.5. The van der Waals surface area contributed by atoms with E-state index in [2.05, 4.69) is 20.2 Å². The topological polar surface area (TPSA) is 76.6 Å². The summed E-state index contributed by atoms with van der Waals surface area (Å²) in [4.78, 5) is 23.1. The van der Waals surface area contributed by atoms with Crippen molar-refractivity contribution in [2.45, 2.75) is 38.3 Å². The summed E-state index contributed by atoms with van der Waals surface area (Å²) in [6.07, 6.45) is 2.80. The Kier molecular flexibility index (Phi) is 7.03. The van der Waals surface area contributed by atoms with E-state index in [0.29, 0.717) is 42.0 Å². The molecule has 2 aromatic heterocycles. The SMILES string of the molecule is COc1ccc2ncc(F)c(CCN3CCC(C)(OC(=O)NCc4ccccc4)CC3)c2n1. The number of carbonyl (C=O) groups excluding carboxylic acids is 1. The average Bonchev–Trinajstić information content (AvgIpc) is 2.83. The fourth-order valence-corrected chi connectivity index (χ4v) is 4.08. The molecule has 1 N–H and O–H groups in total. The molecule has 1 aliphatic rings. The Morgan fingerprint density at radius 3 is 2.67 bits per heavy atom. The van der Waals surface area contributed by atoms with E-state index in [1.165, 1.54) is 13.3 Å². The number of nitrogens with zero attached hydrogens (tertiary/aromatic N) is 3. The second-order valence-corrected chi connectivity index (χ2v) is 8.58. The lowest BCUT2D eigenvalue weighted by molar-refractivity contribution is -0.0221. The molecule has 0 spiro atoms. The van der Waals surface area contributed by atoms with Gasteiger partial charge >= 0.3 is 6.09 Å². The highest BCUT2D eigenvalue weighted by molar-refractivity contribution is 5.78. The van der Waals surface area contributed by atoms with Crippen molar-refractivity contribution in [2.75, 3.05) is 26.7 Å². The third-order valence-corrected chi connectivity index (χ3v) is 6.16. The molecule has 1 aromatic carbocycles. The van der Waals surface area contributed by atoms with Crippen LogP contribution in [0.15, 0.2) is 48.7 Å². The van der Waals surface area contributed by atoms with Crippen LogP contribution in [0.5, 0.6) is 5.88 Å². The molecule has 0 bridgehead atoms. The van der Waals surface area contributed by atoms with Crippen molar-refractivity contribution in [2.24, 2.45) is 0 Å². The number of benzene rings is 1. The van der Waals surface area contributed by atoms with Crippen molar-refractivity contribution < 1.29 is 18.7 Å². The van der Waals surface area contributed by atoms with Crippen LogP contribution in [0.25, 0.3) is 11.0 Å². The molecule has 174 valence electrons. The molecule has 0 unspecified atom stereocenters. The number of hydrogen-bond acceptors (Lipinski definition) is 6. The first-order valence-electron chi connectivity index (χ1n) is 11.2. The van der Waals surface area contributed by atoms with Crippen molar-refractivity contribution >= 4 is 17.1 Å². The molecule has 1 fully saturated rings. The van der Waals surface area contributed by atoms with Gasteiger partial charge in [0.2, 0.25) is 5.88 Å². The predicted molar refractivity (Wildman–Crippen MR) is 124 cm³/mol. The van der Waals surface area contributed by atoms with Crippen LogP contribution in [0, 0.1) is 5.82 Å². The number of carbonyl (C=O) groups is 1. The van der Waals surface area contributed by atoms with E-state index < -0.39 is 11.7 Å². The highest BCUT2D eigenvalue weighted by Crippen LogP contribution is 2.27. The molecular formula is C25H29FN4O3. The highest BCUT2D eigenvalue weighted by atomic mass is 19.1. The van der Waals surface area contributed by atoms with E-state index in [9.17, 15) is 9.18 Å². The molecule has 0 atom stereocenters. The fourth-order valence-electron chi connectivity index (χ4n) is 4.08. The van der Waals surface area contributed by atoms with Crippen LogP contribution in [0.1, 0.15) is 30.9 Å². The van der Waals surface area contributed by atoms with Gasteiger partial charge in [0, 0.05) is 37.8 Å². The largest absolute Gasteiger partial charge is 0.481 e. The molecule has 0 radical (unpaired) electrons. The maximum Gasteiger partial charge on any atom is 0.407 e. The summed E-state index contributed by atoms with van der Waals surface area (Å²) in [5.74, 6) is 0.0797. The normalized spacial score (nSPS) is 15.8. The van der Waals surface area contributed by atoms with E-state index in [4.69, 9.17) is 9.47 Å². The number of nitrogens with one attached hydrogen (secondary N) is 1. The van der Waals surface area contributed by atoms with Gasteiger partial charge in [-0.25, -0.2) is 14.2 Å². The molecular weight excluding hydrogens is 423 g/mol. The van der Waals surface area contributed by atoms with Gasteiger partial charge in [-0.2, -0.15) is 0 Å². The van der Waals surface area contributed by atoms with Gasteiger partial charge in [0.15, 0.2) is 0 Å². The smallest absolute Gasteiger partial charge is 0.407 e. The molecule has 8 heteroatoms. The Morgan fingerprint density at radius 2 is 1.94 bits per heavy atom. The Bertz CT molecular complexity index is 1100. The fraction of sp³-hybridized carbons (Fsp3) is 0.400. The molecule has 33 heavy (non-hydrogen) atoms. The molecule has 7 nitrogen and oxygen atoms in total. The Balaban J connectivity index is 1.29. The van der Waals surface area contributed by atoms with Gasteiger partial charge < -0.3 is 19.7 Å². The summed E-state index contributed by atoms with van der Waals surface area (Å²) in [6, 6.07) is 13.2. The second-order valence-electron chi connectivity index (χ2n) is 8.58. The number of piperidine rings is 1. The molecule has 0 saturated carbocycles. The molecule has 1 aliphatic heterocycles. The van der Waals surface area contributed by atoms with Crippen molar-refractivity contribution in [3.05, 3.63) is 65.6 Å². The third kappa shape index (κ3) is 5.76. The van der Waals surface area contributed by atoms with E-state index >= 15 is 0 Å². The number of hydrogen-bond donors (Lipinski definition) is 1. The Morgan fingerprint density at radius 1 is 1.18 bits per heavy atom. The van der Waals surface area contributed by atoms with Gasteiger partial charge in [-0.15, -0.1) is 0 Å². The minimum absolute atomic E-state index is 0.358. The Labute approximate surface area is 192 Å². The van der Waals surface area contributed by atoms with Crippen LogP contribution < -0.4 is 10.1 Å². The van der Waals surface area contributed by atoms with Crippen LogP contribution in [0.3, 0.4) is 0 Å². The number of likely N-dealkylation sites (tertiary alicyclic amines) is 1. The molecule has 4 rings (SSSR count). The highest BCUT2D eigenvalue weighted by Gasteiger charge is 2.33. The predicted octanol–water partition coefficient (Wildman–Crippen LogP) is 4.10. The maximum absolute atomic E-state index is 14.5. The third-order valence-electron chi connectivity index (χ3n) is 6.16. The zero-order chi connectivity index (χ0) is 23.3. The van der Waals surface area contributed by atoms with Crippen LogP contribution in [0.4, 0.5) is 9.18 Å². The van der Waals surface area contributed by atoms with Crippen LogP contribution in [-0.2, 0) is 17.7 Å². The average molecular weight is 453 g/mol. The summed E-state index contributed by atoms with van der Waals surface area (Å²) in [5, 5.41) is 2.82. The summed E-state index contributed by atoms with van der Waals surface area (Å²) in [6.45, 7) is 4.63. The van der Waals surface area contributed by atoms with Crippen molar-refractivity contribution in [1.29, 1.82) is 0 Å². The zero-order valence-electron chi connectivity index (χ0n) is 19.0. The number of halogens is 1. The lowest BCUT2D eigenvalue weighted by Crippen LogP contribution is -2.47. The standard InChI is InChI=1S/C25H29FN4O3/c1-25(33-24(31)28-16-18-6-4-3-5-7-18)11-14-30(15-12-25)13-10-19-20(26)17-27-21-8-9-22(32-2)29-23(19)21/h3-9,17H,10-16H2,1-2H3,(H,28,31). The summed E-state index contributed by atoms with van der Waals surface area (Å²) in [5.41, 5.74) is 2.24. The van der Waals surface area contributed by atoms with Crippen LogP contribution >= 0.6 is 0 Å². The van der Waals surface area contributed by atoms with Gasteiger partial charge in [-0.05, 0) is 37.8 Å². The maximum atomic E-state index is 14.5. The molecule has 0 aliphatic carbocycles. The number of ether oxygens (including phenoxy) is 2. The minimum atomic E-state index is -0.513. The van der Waals surface area contributed by atoms with E-state index in [-0.39, 0.29) is 5.82 Å². The van der Waals surface area contributed by atoms with Gasteiger partial charge in [0.1, 0.15) is 11.4 Å². The second kappa shape index (κ2) is 10.1. The van der Waals surface area contributed by atoms with Gasteiger partial charge in [0.05, 0.1) is 24.3 Å². The summed E-state index contributed by atoms with van der Waals surface area (Å²) in [7, 11) is 1.54. The first-order valence-corrected chi connectivity index (χ1v) is 11.2. The number of aromatic nitrogens is 2. The molecule has 3 aromatic rings.